The van der Waals surface area contributed by atoms with Gasteiger partial charge in [0, 0.05) is 5.69 Å². The Morgan fingerprint density at radius 3 is 2.26 bits per heavy atom. The second-order valence-electron chi connectivity index (χ2n) is 7.99. The molecule has 0 saturated carbocycles. The van der Waals surface area contributed by atoms with Crippen LogP contribution in [0.5, 0.6) is 5.75 Å². The molecule has 3 aromatic rings. The van der Waals surface area contributed by atoms with Crippen molar-refractivity contribution in [2.45, 2.75) is 24.8 Å². The van der Waals surface area contributed by atoms with E-state index in [0.717, 1.165) is 11.1 Å². The molecule has 0 aromatic heterocycles. The number of aryl methyl sites for hydroxylation is 2. The highest BCUT2D eigenvalue weighted by Gasteiger charge is 2.37. The second-order valence-corrected chi connectivity index (χ2v) is 9.85. The summed E-state index contributed by atoms with van der Waals surface area (Å²) < 4.78 is 38.8. The number of methoxy groups -OCH3 is 1. The van der Waals surface area contributed by atoms with Crippen molar-refractivity contribution in [2.24, 2.45) is 0 Å². The summed E-state index contributed by atoms with van der Waals surface area (Å²) in [6.45, 7) is 3.54. The molecule has 1 heterocycles. The van der Waals surface area contributed by atoms with E-state index in [2.05, 4.69) is 10.1 Å². The van der Waals surface area contributed by atoms with Crippen molar-refractivity contribution in [3.05, 3.63) is 83.4 Å². The summed E-state index contributed by atoms with van der Waals surface area (Å²) >= 11 is 0. The van der Waals surface area contributed by atoms with E-state index in [4.69, 9.17) is 4.74 Å². The van der Waals surface area contributed by atoms with Gasteiger partial charge in [-0.25, -0.2) is 13.2 Å². The number of hydrogen-bond acceptors (Lipinski definition) is 6. The molecule has 4 rings (SSSR count). The molecule has 0 spiro atoms. The summed E-state index contributed by atoms with van der Waals surface area (Å²) in [5.74, 6) is -0.702. The number of carbonyl (C=O) groups excluding carboxylic acids is 2. The van der Waals surface area contributed by atoms with Crippen LogP contribution in [0.3, 0.4) is 0 Å². The SMILES string of the molecule is COC(=O)c1ccc(NC(=O)[C@H]2CN(S(=O)(=O)c3ccc(C)cc3)c3cc(C)ccc3O2)cc1. The Hall–Kier alpha value is -3.85. The summed E-state index contributed by atoms with van der Waals surface area (Å²) in [7, 11) is -2.66. The molecule has 0 radical (unpaired) electrons. The number of rotatable bonds is 5. The Labute approximate surface area is 198 Å². The van der Waals surface area contributed by atoms with Gasteiger partial charge in [0.1, 0.15) is 5.75 Å². The van der Waals surface area contributed by atoms with Crippen LogP contribution in [0.4, 0.5) is 11.4 Å². The first-order chi connectivity index (χ1) is 16.2. The van der Waals surface area contributed by atoms with Crippen LogP contribution in [0.25, 0.3) is 0 Å². The molecule has 1 amide bonds. The minimum absolute atomic E-state index is 0.130. The van der Waals surface area contributed by atoms with Crippen molar-refractivity contribution in [1.29, 1.82) is 0 Å². The first-order valence-electron chi connectivity index (χ1n) is 10.5. The summed E-state index contributed by atoms with van der Waals surface area (Å²) in [6.07, 6.45) is -1.09. The van der Waals surface area contributed by atoms with E-state index in [9.17, 15) is 18.0 Å². The van der Waals surface area contributed by atoms with Crippen LogP contribution in [-0.4, -0.2) is 40.1 Å². The van der Waals surface area contributed by atoms with Gasteiger partial charge in [-0.15, -0.1) is 0 Å². The standard InChI is InChI=1S/C25H24N2O6S/c1-16-4-11-20(12-5-16)34(30,31)27-15-23(33-22-13-6-17(2)14-21(22)27)24(28)26-19-9-7-18(8-10-19)25(29)32-3/h4-14,23H,15H2,1-3H3,(H,26,28)/t23-/m1/s1. The quantitative estimate of drug-likeness (QED) is 0.559. The van der Waals surface area contributed by atoms with Gasteiger partial charge in [-0.3, -0.25) is 9.10 Å². The first-order valence-corrected chi connectivity index (χ1v) is 12.0. The molecule has 1 atom stereocenters. The molecule has 176 valence electrons. The number of anilines is 2. The maximum Gasteiger partial charge on any atom is 0.337 e. The average Bonchev–Trinajstić information content (AvgIpc) is 2.83. The molecule has 0 saturated heterocycles. The molecule has 1 N–H and O–H groups in total. The van der Waals surface area contributed by atoms with Crippen LogP contribution in [0, 0.1) is 13.8 Å². The van der Waals surface area contributed by atoms with E-state index in [1.807, 2.05) is 13.8 Å². The third-order valence-corrected chi connectivity index (χ3v) is 7.25. The van der Waals surface area contributed by atoms with E-state index in [1.54, 1.807) is 54.6 Å². The lowest BCUT2D eigenvalue weighted by atomic mass is 10.1. The second kappa shape index (κ2) is 9.18. The molecule has 3 aromatic carbocycles. The zero-order valence-electron chi connectivity index (χ0n) is 18.9. The number of benzene rings is 3. The zero-order valence-corrected chi connectivity index (χ0v) is 19.8. The number of carbonyl (C=O) groups is 2. The molecule has 0 bridgehead atoms. The Balaban J connectivity index is 1.63. The minimum atomic E-state index is -3.94. The number of amides is 1. The highest BCUT2D eigenvalue weighted by Crippen LogP contribution is 2.38. The highest BCUT2D eigenvalue weighted by molar-refractivity contribution is 7.92. The third kappa shape index (κ3) is 4.60. The van der Waals surface area contributed by atoms with E-state index in [1.165, 1.54) is 23.5 Å². The van der Waals surface area contributed by atoms with Crippen LogP contribution in [0.15, 0.2) is 71.6 Å². The lowest BCUT2D eigenvalue weighted by molar-refractivity contribution is -0.122. The number of nitrogens with one attached hydrogen (secondary N) is 1. The van der Waals surface area contributed by atoms with E-state index in [-0.39, 0.29) is 11.4 Å². The normalized spacial score (nSPS) is 15.1. The van der Waals surface area contributed by atoms with Crippen LogP contribution in [0.1, 0.15) is 21.5 Å². The number of sulfonamides is 1. The monoisotopic (exact) mass is 480 g/mol. The fourth-order valence-electron chi connectivity index (χ4n) is 3.59. The maximum absolute atomic E-state index is 13.5. The van der Waals surface area contributed by atoms with Gasteiger partial charge in [0.05, 0.1) is 29.8 Å². The molecule has 9 heteroatoms. The van der Waals surface area contributed by atoms with Gasteiger partial charge in [0.2, 0.25) is 0 Å². The van der Waals surface area contributed by atoms with Crippen molar-refractivity contribution in [2.75, 3.05) is 23.3 Å². The number of nitrogens with zero attached hydrogens (tertiary/aromatic N) is 1. The number of fused-ring (bicyclic) bond motifs is 1. The molecule has 0 aliphatic carbocycles. The van der Waals surface area contributed by atoms with Gasteiger partial charge in [-0.2, -0.15) is 0 Å². The van der Waals surface area contributed by atoms with Gasteiger partial charge in [-0.05, 0) is 67.9 Å². The molecule has 1 aliphatic rings. The smallest absolute Gasteiger partial charge is 0.337 e. The molecule has 8 nitrogen and oxygen atoms in total. The van der Waals surface area contributed by atoms with Crippen LogP contribution in [0.2, 0.25) is 0 Å². The van der Waals surface area contributed by atoms with Crippen LogP contribution >= 0.6 is 0 Å². The third-order valence-electron chi connectivity index (χ3n) is 5.46. The van der Waals surface area contributed by atoms with Crippen LogP contribution in [-0.2, 0) is 19.6 Å². The Morgan fingerprint density at radius 2 is 1.62 bits per heavy atom. The maximum atomic E-state index is 13.5. The summed E-state index contributed by atoms with van der Waals surface area (Å²) in [6, 6.07) is 17.9. The van der Waals surface area contributed by atoms with E-state index >= 15 is 0 Å². The minimum Gasteiger partial charge on any atom is -0.476 e. The zero-order chi connectivity index (χ0) is 24.5. The molecule has 0 unspecified atom stereocenters. The van der Waals surface area contributed by atoms with Crippen LogP contribution < -0.4 is 14.4 Å². The summed E-state index contributed by atoms with van der Waals surface area (Å²) in [5.41, 5.74) is 2.96. The Kier molecular flexibility index (Phi) is 6.30. The lowest BCUT2D eigenvalue weighted by Gasteiger charge is -2.35. The van der Waals surface area contributed by atoms with Crippen molar-refractivity contribution in [1.82, 2.24) is 0 Å². The molecular formula is C25H24N2O6S. The van der Waals surface area contributed by atoms with Crippen molar-refractivity contribution in [3.63, 3.8) is 0 Å². The van der Waals surface area contributed by atoms with E-state index < -0.39 is 28.0 Å². The number of ether oxygens (including phenoxy) is 2. The van der Waals surface area contributed by atoms with Crippen molar-refractivity contribution >= 4 is 33.3 Å². The fraction of sp³-hybridized carbons (Fsp3) is 0.200. The van der Waals surface area contributed by atoms with Gasteiger partial charge in [-0.1, -0.05) is 23.8 Å². The largest absolute Gasteiger partial charge is 0.476 e. The van der Waals surface area contributed by atoms with E-state index in [0.29, 0.717) is 22.7 Å². The van der Waals surface area contributed by atoms with Gasteiger partial charge in [0.25, 0.3) is 15.9 Å². The highest BCUT2D eigenvalue weighted by atomic mass is 32.2. The van der Waals surface area contributed by atoms with Crippen molar-refractivity contribution in [3.8, 4) is 5.75 Å². The Morgan fingerprint density at radius 1 is 0.971 bits per heavy atom. The number of esters is 1. The van der Waals surface area contributed by atoms with Gasteiger partial charge in [0.15, 0.2) is 6.10 Å². The van der Waals surface area contributed by atoms with Crippen molar-refractivity contribution < 1.29 is 27.5 Å². The predicted molar refractivity (Wildman–Crippen MR) is 128 cm³/mol. The number of hydrogen-bond donors (Lipinski definition) is 1. The van der Waals surface area contributed by atoms with Gasteiger partial charge >= 0.3 is 5.97 Å². The lowest BCUT2D eigenvalue weighted by Crippen LogP contribution is -2.48. The fourth-order valence-corrected chi connectivity index (χ4v) is 5.06. The molecule has 34 heavy (non-hydrogen) atoms. The predicted octanol–water partition coefficient (Wildman–Crippen LogP) is 3.69. The van der Waals surface area contributed by atoms with Gasteiger partial charge < -0.3 is 14.8 Å². The molecule has 0 fully saturated rings. The summed E-state index contributed by atoms with van der Waals surface area (Å²) in [5, 5.41) is 2.72. The first kappa shape index (κ1) is 23.3. The average molecular weight is 481 g/mol. The Bertz CT molecular complexity index is 1330. The molecular weight excluding hydrogens is 456 g/mol. The summed E-state index contributed by atoms with van der Waals surface area (Å²) in [4.78, 5) is 24.8. The molecule has 1 aliphatic heterocycles. The topological polar surface area (TPSA) is 102 Å².